The van der Waals surface area contributed by atoms with Gasteiger partial charge in [-0.25, -0.2) is 4.98 Å². The highest BCUT2D eigenvalue weighted by atomic mass is 35.5. The smallest absolute Gasteiger partial charge is 0.128 e. The summed E-state index contributed by atoms with van der Waals surface area (Å²) in [6.45, 7) is 4.27. The van der Waals surface area contributed by atoms with Crippen molar-refractivity contribution in [3.63, 3.8) is 0 Å². The highest BCUT2D eigenvalue weighted by Crippen LogP contribution is 2.28. The highest BCUT2D eigenvalue weighted by Gasteiger charge is 2.25. The van der Waals surface area contributed by atoms with Gasteiger partial charge in [0.1, 0.15) is 5.82 Å². The molecule has 1 aliphatic carbocycles. The van der Waals surface area contributed by atoms with Crippen LogP contribution in [0.4, 0.5) is 5.82 Å². The molecular weight excluding hydrogens is 232 g/mol. The average Bonchev–Trinajstić information content (AvgIpc) is 2.79. The number of pyridine rings is 1. The molecule has 0 amide bonds. The normalized spacial score (nSPS) is 28.2. The van der Waals surface area contributed by atoms with E-state index in [1.165, 1.54) is 30.5 Å². The summed E-state index contributed by atoms with van der Waals surface area (Å²) in [5.74, 6) is 1.76. The molecule has 92 valence electrons. The molecule has 2 atom stereocenters. The van der Waals surface area contributed by atoms with E-state index in [9.17, 15) is 0 Å². The van der Waals surface area contributed by atoms with Gasteiger partial charge in [0, 0.05) is 18.8 Å². The van der Waals surface area contributed by atoms with Gasteiger partial charge in [-0.05, 0) is 43.2 Å². The van der Waals surface area contributed by atoms with E-state index in [0.29, 0.717) is 5.92 Å². The monoisotopic (exact) mass is 250 g/mol. The predicted molar refractivity (Wildman–Crippen MR) is 71.9 cm³/mol. The second-order valence-electron chi connectivity index (χ2n) is 5.36. The van der Waals surface area contributed by atoms with Gasteiger partial charge >= 0.3 is 0 Å². The van der Waals surface area contributed by atoms with Gasteiger partial charge in [-0.3, -0.25) is 0 Å². The van der Waals surface area contributed by atoms with Gasteiger partial charge in [0.15, 0.2) is 0 Å². The van der Waals surface area contributed by atoms with Crippen LogP contribution in [0.2, 0.25) is 0 Å². The third-order valence-corrected chi connectivity index (χ3v) is 4.67. The Morgan fingerprint density at radius 1 is 1.35 bits per heavy atom. The number of fused-ring (bicyclic) bond motifs is 1. The van der Waals surface area contributed by atoms with Crippen molar-refractivity contribution in [2.75, 3.05) is 18.0 Å². The van der Waals surface area contributed by atoms with Crippen molar-refractivity contribution in [3.8, 4) is 0 Å². The summed E-state index contributed by atoms with van der Waals surface area (Å²) in [7, 11) is 0. The first-order valence-corrected chi connectivity index (χ1v) is 7.05. The van der Waals surface area contributed by atoms with E-state index >= 15 is 0 Å². The molecule has 0 saturated carbocycles. The zero-order chi connectivity index (χ0) is 11.8. The first kappa shape index (κ1) is 11.3. The van der Waals surface area contributed by atoms with Crippen LogP contribution in [0.25, 0.3) is 0 Å². The molecule has 0 spiro atoms. The quantitative estimate of drug-likeness (QED) is 0.713. The summed E-state index contributed by atoms with van der Waals surface area (Å²) in [5.41, 5.74) is 2.76. The average molecular weight is 251 g/mol. The summed E-state index contributed by atoms with van der Waals surface area (Å²) in [6, 6.07) is 4.43. The minimum absolute atomic E-state index is 0.263. The van der Waals surface area contributed by atoms with Crippen molar-refractivity contribution in [2.45, 2.75) is 38.0 Å². The summed E-state index contributed by atoms with van der Waals surface area (Å²) in [5, 5.41) is 0.263. The maximum absolute atomic E-state index is 6.36. The van der Waals surface area contributed by atoms with Crippen molar-refractivity contribution in [3.05, 3.63) is 23.4 Å². The van der Waals surface area contributed by atoms with E-state index in [-0.39, 0.29) is 5.38 Å². The molecule has 2 nitrogen and oxygen atoms in total. The summed E-state index contributed by atoms with van der Waals surface area (Å²) < 4.78 is 0. The molecule has 0 bridgehead atoms. The molecular formula is C14H19ClN2. The second-order valence-corrected chi connectivity index (χ2v) is 5.92. The van der Waals surface area contributed by atoms with Crippen LogP contribution in [0.1, 0.15) is 31.0 Å². The topological polar surface area (TPSA) is 16.1 Å². The Morgan fingerprint density at radius 3 is 3.06 bits per heavy atom. The molecule has 1 fully saturated rings. The second kappa shape index (κ2) is 4.49. The SMILES string of the molecule is CC1CCN(c2ccc3c(n2)CCC3)CC1Cl. The van der Waals surface area contributed by atoms with Crippen LogP contribution in [0.15, 0.2) is 12.1 Å². The third kappa shape index (κ3) is 2.15. The predicted octanol–water partition coefficient (Wildman–Crippen LogP) is 3.02. The maximum atomic E-state index is 6.36. The molecule has 0 radical (unpaired) electrons. The lowest BCUT2D eigenvalue weighted by atomic mass is 9.98. The van der Waals surface area contributed by atoms with Crippen LogP contribution in [0.5, 0.6) is 0 Å². The number of aryl methyl sites for hydroxylation is 2. The lowest BCUT2D eigenvalue weighted by Gasteiger charge is -2.34. The minimum Gasteiger partial charge on any atom is -0.355 e. The molecule has 0 aromatic carbocycles. The van der Waals surface area contributed by atoms with Crippen LogP contribution >= 0.6 is 11.6 Å². The lowest BCUT2D eigenvalue weighted by Crippen LogP contribution is -2.40. The summed E-state index contributed by atoms with van der Waals surface area (Å²) in [4.78, 5) is 7.15. The zero-order valence-corrected chi connectivity index (χ0v) is 11.1. The number of piperidine rings is 1. The van der Waals surface area contributed by atoms with Crippen LogP contribution in [-0.2, 0) is 12.8 Å². The fraction of sp³-hybridized carbons (Fsp3) is 0.643. The third-order valence-electron chi connectivity index (χ3n) is 4.10. The fourth-order valence-electron chi connectivity index (χ4n) is 2.82. The molecule has 1 saturated heterocycles. The van der Waals surface area contributed by atoms with Crippen molar-refractivity contribution in [1.82, 2.24) is 4.98 Å². The van der Waals surface area contributed by atoms with Crippen LogP contribution in [-0.4, -0.2) is 23.5 Å². The van der Waals surface area contributed by atoms with Gasteiger partial charge in [0.25, 0.3) is 0 Å². The van der Waals surface area contributed by atoms with E-state index < -0.39 is 0 Å². The number of hydrogen-bond acceptors (Lipinski definition) is 2. The molecule has 0 N–H and O–H groups in total. The maximum Gasteiger partial charge on any atom is 0.128 e. The number of alkyl halides is 1. The standard InChI is InChI=1S/C14H19ClN2/c1-10-7-8-17(9-12(10)15)14-6-5-11-3-2-4-13(11)16-14/h5-6,10,12H,2-4,7-9H2,1H3. The van der Waals surface area contributed by atoms with Crippen molar-refractivity contribution < 1.29 is 0 Å². The Balaban J connectivity index is 1.80. The Kier molecular flexibility index (Phi) is 2.99. The number of hydrogen-bond donors (Lipinski definition) is 0. The largest absolute Gasteiger partial charge is 0.355 e. The van der Waals surface area contributed by atoms with Crippen LogP contribution in [0.3, 0.4) is 0 Å². The van der Waals surface area contributed by atoms with Gasteiger partial charge < -0.3 is 4.90 Å². The molecule has 1 aromatic heterocycles. The van der Waals surface area contributed by atoms with E-state index in [4.69, 9.17) is 16.6 Å². The molecule has 2 aliphatic rings. The summed E-state index contributed by atoms with van der Waals surface area (Å²) in [6.07, 6.45) is 4.80. The minimum atomic E-state index is 0.263. The Labute approximate surface area is 108 Å². The number of nitrogens with zero attached hydrogens (tertiary/aromatic N) is 2. The molecule has 2 unspecified atom stereocenters. The molecule has 17 heavy (non-hydrogen) atoms. The van der Waals surface area contributed by atoms with Crippen molar-refractivity contribution in [1.29, 1.82) is 0 Å². The van der Waals surface area contributed by atoms with Gasteiger partial charge in [-0.2, -0.15) is 0 Å². The van der Waals surface area contributed by atoms with E-state index in [2.05, 4.69) is 24.0 Å². The Bertz CT molecular complexity index is 419. The molecule has 2 heterocycles. The van der Waals surface area contributed by atoms with Gasteiger partial charge in [-0.15, -0.1) is 11.6 Å². The van der Waals surface area contributed by atoms with Gasteiger partial charge in [0.05, 0.1) is 5.38 Å². The highest BCUT2D eigenvalue weighted by molar-refractivity contribution is 6.21. The number of rotatable bonds is 1. The molecule has 1 aromatic rings. The number of aromatic nitrogens is 1. The molecule has 3 rings (SSSR count). The number of halogens is 1. The van der Waals surface area contributed by atoms with Crippen molar-refractivity contribution >= 4 is 17.4 Å². The summed E-state index contributed by atoms with van der Waals surface area (Å²) >= 11 is 6.36. The Morgan fingerprint density at radius 2 is 2.24 bits per heavy atom. The fourth-order valence-corrected chi connectivity index (χ4v) is 3.11. The van der Waals surface area contributed by atoms with E-state index in [1.807, 2.05) is 0 Å². The van der Waals surface area contributed by atoms with Gasteiger partial charge in [0.2, 0.25) is 0 Å². The molecule has 3 heteroatoms. The number of anilines is 1. The molecule has 1 aliphatic heterocycles. The van der Waals surface area contributed by atoms with Crippen molar-refractivity contribution in [2.24, 2.45) is 5.92 Å². The zero-order valence-electron chi connectivity index (χ0n) is 10.3. The van der Waals surface area contributed by atoms with Gasteiger partial charge in [-0.1, -0.05) is 13.0 Å². The van der Waals surface area contributed by atoms with Crippen LogP contribution in [0, 0.1) is 5.92 Å². The van der Waals surface area contributed by atoms with E-state index in [0.717, 1.165) is 25.3 Å². The first-order valence-electron chi connectivity index (χ1n) is 6.62. The first-order chi connectivity index (χ1) is 8.24. The Hall–Kier alpha value is -0.760. The van der Waals surface area contributed by atoms with E-state index in [1.54, 1.807) is 0 Å². The lowest BCUT2D eigenvalue weighted by molar-refractivity contribution is 0.443. The van der Waals surface area contributed by atoms with Crippen LogP contribution < -0.4 is 4.90 Å².